The Morgan fingerprint density at radius 3 is 1.52 bits per heavy atom. The topological polar surface area (TPSA) is 204 Å². The Hall–Kier alpha value is -5.70. The van der Waals surface area contributed by atoms with Crippen LogP contribution in [0, 0.1) is 11.6 Å². The fourth-order valence-electron chi connectivity index (χ4n) is 4.43. The van der Waals surface area contributed by atoms with Gasteiger partial charge in [0, 0.05) is 40.9 Å². The normalized spacial score (nSPS) is 11.5. The minimum Gasteiger partial charge on any atom is -0.355 e. The number of hydrogen-bond donors (Lipinski definition) is 4. The predicted octanol–water partition coefficient (Wildman–Crippen LogP) is 3.34. The molecule has 6 rings (SSSR count). The number of nitrogens with zero attached hydrogens (tertiary/aromatic N) is 8. The average Bonchev–Trinajstić information content (AvgIpc) is 3.74. The first-order chi connectivity index (χ1) is 23.8. The molecule has 0 radical (unpaired) electrons. The van der Waals surface area contributed by atoms with Crippen molar-refractivity contribution >= 4 is 42.8 Å². The van der Waals surface area contributed by atoms with E-state index in [0.717, 1.165) is 0 Å². The number of aromatic nitrogens is 8. The first-order valence-electron chi connectivity index (χ1n) is 14.5. The van der Waals surface area contributed by atoms with Crippen molar-refractivity contribution in [2.75, 3.05) is 24.7 Å². The van der Waals surface area contributed by atoms with Gasteiger partial charge in [-0.2, -0.15) is 4.80 Å². The van der Waals surface area contributed by atoms with E-state index in [9.17, 15) is 25.6 Å². The lowest BCUT2D eigenvalue weighted by atomic mass is 10.1. The number of nitrogens with one attached hydrogen (secondary N) is 4. The highest BCUT2D eigenvalue weighted by atomic mass is 32.2. The number of sulfonamides is 2. The molecule has 0 fully saturated rings. The first kappa shape index (κ1) is 35.6. The third-order valence-corrected chi connectivity index (χ3v) is 9.82. The zero-order valence-corrected chi connectivity index (χ0v) is 28.5. The summed E-state index contributed by atoms with van der Waals surface area (Å²) in [5.41, 5.74) is 3.37. The maximum Gasteiger partial charge on any atom is 0.240 e. The van der Waals surface area contributed by atoms with Gasteiger partial charge in [0.05, 0.1) is 16.8 Å². The van der Waals surface area contributed by atoms with Crippen molar-refractivity contribution in [1.29, 1.82) is 0 Å². The van der Waals surface area contributed by atoms with Gasteiger partial charge < -0.3 is 10.6 Å². The third-order valence-electron chi connectivity index (χ3n) is 7.00. The molecule has 0 aliphatic heterocycles. The number of aryl methyl sites for hydroxylation is 2. The van der Waals surface area contributed by atoms with Crippen molar-refractivity contribution in [3.63, 3.8) is 0 Å². The largest absolute Gasteiger partial charge is 0.355 e. The van der Waals surface area contributed by atoms with E-state index in [1.807, 2.05) is 0 Å². The summed E-state index contributed by atoms with van der Waals surface area (Å²) >= 11 is 0. The zero-order chi connectivity index (χ0) is 36.1. The highest BCUT2D eigenvalue weighted by molar-refractivity contribution is 7.89. The Labute approximate surface area is 285 Å². The molecule has 4 aromatic carbocycles. The van der Waals surface area contributed by atoms with Crippen LogP contribution in [0.5, 0.6) is 0 Å². The van der Waals surface area contributed by atoms with Crippen LogP contribution >= 0.6 is 0 Å². The van der Waals surface area contributed by atoms with E-state index in [0.29, 0.717) is 39.7 Å². The molecule has 0 saturated carbocycles. The van der Waals surface area contributed by atoms with Crippen molar-refractivity contribution in [1.82, 2.24) is 49.9 Å². The number of halogens is 2. The average molecular weight is 725 g/mol. The van der Waals surface area contributed by atoms with Gasteiger partial charge in [0.2, 0.25) is 25.9 Å². The number of hydrogen-bond acceptors (Lipinski definition) is 12. The molecule has 2 aromatic heterocycles. The van der Waals surface area contributed by atoms with E-state index in [1.54, 1.807) is 50.5 Å². The SMILES string of the molecule is CNS(=O)(=O)c1ccc(Nc2ccc(F)cc2)c(-c2nnn(C)n2)c1.CNS(=O)(=O)c1ccc(Nc2ccc(F)cc2)c(-c2nnnn2C)c1. The standard InChI is InChI=1S/2C15H15FN6O2S/c1-17-25(23,24)12-7-8-14(18-11-5-3-10(16)4-6-11)13(9-12)15-19-20-21-22(15)2;1-17-25(23,24)12-7-8-14(18-11-5-3-10(16)4-6-11)13(9-12)15-19-21-22(2)20-15/h2*3-9,17-18H,1-2H3. The molecule has 0 spiro atoms. The smallest absolute Gasteiger partial charge is 0.240 e. The summed E-state index contributed by atoms with van der Waals surface area (Å²) in [6.45, 7) is 0. The van der Waals surface area contributed by atoms with Crippen molar-refractivity contribution in [2.45, 2.75) is 9.79 Å². The molecule has 0 unspecified atom stereocenters. The molecule has 0 amide bonds. The number of benzene rings is 4. The Morgan fingerprint density at radius 1 is 0.620 bits per heavy atom. The second kappa shape index (κ2) is 14.8. The van der Waals surface area contributed by atoms with Crippen molar-refractivity contribution in [2.24, 2.45) is 14.1 Å². The molecule has 4 N–H and O–H groups in total. The van der Waals surface area contributed by atoms with Gasteiger partial charge in [-0.1, -0.05) is 0 Å². The van der Waals surface area contributed by atoms with Crippen LogP contribution in [0.2, 0.25) is 0 Å². The molecule has 0 bridgehead atoms. The fraction of sp³-hybridized carbons (Fsp3) is 0.133. The van der Waals surface area contributed by atoms with E-state index in [2.05, 4.69) is 51.0 Å². The van der Waals surface area contributed by atoms with Gasteiger partial charge in [0.25, 0.3) is 0 Å². The monoisotopic (exact) mass is 724 g/mol. The molecule has 0 saturated heterocycles. The van der Waals surface area contributed by atoms with Crippen molar-refractivity contribution < 1.29 is 25.6 Å². The lowest BCUT2D eigenvalue weighted by molar-refractivity contribution is 0.586. The Balaban J connectivity index is 0.000000194. The van der Waals surface area contributed by atoms with Crippen LogP contribution in [0.4, 0.5) is 31.5 Å². The van der Waals surface area contributed by atoms with Gasteiger partial charge in [0.1, 0.15) is 11.6 Å². The molecule has 6 aromatic rings. The van der Waals surface area contributed by atoms with Crippen LogP contribution in [-0.2, 0) is 34.1 Å². The van der Waals surface area contributed by atoms with E-state index < -0.39 is 20.0 Å². The summed E-state index contributed by atoms with van der Waals surface area (Å²) in [5, 5.41) is 29.4. The van der Waals surface area contributed by atoms with E-state index in [4.69, 9.17) is 0 Å². The van der Waals surface area contributed by atoms with Crippen LogP contribution < -0.4 is 20.1 Å². The summed E-state index contributed by atoms with van der Waals surface area (Å²) in [6.07, 6.45) is 0. The maximum atomic E-state index is 13.1. The minimum atomic E-state index is -3.63. The van der Waals surface area contributed by atoms with Crippen LogP contribution in [0.3, 0.4) is 0 Å². The van der Waals surface area contributed by atoms with Crippen LogP contribution in [-0.4, -0.2) is 71.3 Å². The molecular weight excluding hydrogens is 695 g/mol. The predicted molar refractivity (Wildman–Crippen MR) is 180 cm³/mol. The summed E-state index contributed by atoms with van der Waals surface area (Å²) in [7, 11) is -1.32. The molecule has 260 valence electrons. The van der Waals surface area contributed by atoms with Crippen LogP contribution in [0.25, 0.3) is 22.8 Å². The second-order valence-corrected chi connectivity index (χ2v) is 14.1. The Morgan fingerprint density at radius 2 is 1.10 bits per heavy atom. The molecule has 0 aliphatic rings. The van der Waals surface area contributed by atoms with Gasteiger partial charge in [-0.3, -0.25) is 0 Å². The first-order valence-corrected chi connectivity index (χ1v) is 17.4. The van der Waals surface area contributed by atoms with E-state index in [1.165, 1.54) is 72.1 Å². The van der Waals surface area contributed by atoms with Crippen molar-refractivity contribution in [3.05, 3.63) is 96.6 Å². The molecule has 50 heavy (non-hydrogen) atoms. The van der Waals surface area contributed by atoms with Gasteiger partial charge in [0.15, 0.2) is 5.82 Å². The van der Waals surface area contributed by atoms with Crippen LogP contribution in [0.1, 0.15) is 0 Å². The summed E-state index contributed by atoms with van der Waals surface area (Å²) in [5.74, 6) is -0.0476. The molecular formula is C30H30F2N12O4S2. The number of anilines is 4. The molecule has 0 aliphatic carbocycles. The van der Waals surface area contributed by atoms with E-state index >= 15 is 0 Å². The Kier molecular flexibility index (Phi) is 10.6. The van der Waals surface area contributed by atoms with Gasteiger partial charge in [-0.05, 0) is 115 Å². The highest BCUT2D eigenvalue weighted by Gasteiger charge is 2.19. The van der Waals surface area contributed by atoms with Crippen LogP contribution in [0.15, 0.2) is 94.7 Å². The zero-order valence-electron chi connectivity index (χ0n) is 26.9. The summed E-state index contributed by atoms with van der Waals surface area (Å²) in [6, 6.07) is 20.6. The number of tetrazole rings is 2. The second-order valence-electron chi connectivity index (χ2n) is 10.3. The Bertz CT molecular complexity index is 2330. The molecule has 2 heterocycles. The minimum absolute atomic E-state index is 0.0714. The lowest BCUT2D eigenvalue weighted by Gasteiger charge is -2.13. The van der Waals surface area contributed by atoms with Gasteiger partial charge in [-0.15, -0.1) is 15.3 Å². The number of rotatable bonds is 10. The van der Waals surface area contributed by atoms with Crippen molar-refractivity contribution in [3.8, 4) is 22.8 Å². The van der Waals surface area contributed by atoms with Gasteiger partial charge >= 0.3 is 0 Å². The maximum absolute atomic E-state index is 13.1. The fourth-order valence-corrected chi connectivity index (χ4v) is 5.94. The quantitative estimate of drug-likeness (QED) is 0.161. The van der Waals surface area contributed by atoms with E-state index in [-0.39, 0.29) is 27.2 Å². The van der Waals surface area contributed by atoms with Gasteiger partial charge in [-0.25, -0.2) is 39.7 Å². The lowest BCUT2D eigenvalue weighted by Crippen LogP contribution is -2.18. The molecule has 16 nitrogen and oxygen atoms in total. The molecule has 0 atom stereocenters. The third kappa shape index (κ3) is 8.29. The molecule has 20 heteroatoms. The highest BCUT2D eigenvalue weighted by Crippen LogP contribution is 2.32. The summed E-state index contributed by atoms with van der Waals surface area (Å²) < 4.78 is 80.4. The summed E-state index contributed by atoms with van der Waals surface area (Å²) in [4.78, 5) is 1.43.